The maximum atomic E-state index is 6.50. The van der Waals surface area contributed by atoms with Gasteiger partial charge in [0.05, 0.1) is 5.41 Å². The third-order valence-corrected chi connectivity index (χ3v) is 12.1. The molecule has 0 saturated heterocycles. The molecule has 0 spiro atoms. The third kappa shape index (κ3) is 4.22. The predicted octanol–water partition coefficient (Wildman–Crippen LogP) is 13.7. The summed E-state index contributed by atoms with van der Waals surface area (Å²) in [6, 6.07) is 69.0. The van der Waals surface area contributed by atoms with E-state index in [4.69, 9.17) is 4.42 Å². The van der Waals surface area contributed by atoms with Crippen LogP contribution in [-0.4, -0.2) is 0 Å². The summed E-state index contributed by atoms with van der Waals surface area (Å²) in [4.78, 5) is 2.43. The van der Waals surface area contributed by atoms with E-state index in [1.165, 1.54) is 55.6 Å². The van der Waals surface area contributed by atoms with Crippen LogP contribution in [0.15, 0.2) is 192 Å². The number of benzene rings is 8. The standard InChI is InChI=1S/C52H37NO/c1-51(2)45-22-12-9-19-39(45)41-28-25-36(31-47(41)51)53(38-27-30-44-43-21-11-14-24-49(43)54-50(44)33-38)37-26-29-42-40-20-10-13-23-46(40)52(48(42)32-37,34-15-5-3-6-16-34)35-17-7-4-8-18-35/h3-33H,1-2H3. The van der Waals surface area contributed by atoms with Crippen LogP contribution >= 0.6 is 0 Å². The lowest BCUT2D eigenvalue weighted by Gasteiger charge is -2.35. The van der Waals surface area contributed by atoms with E-state index in [-0.39, 0.29) is 5.41 Å². The number of nitrogens with zero attached hydrogens (tertiary/aromatic N) is 1. The van der Waals surface area contributed by atoms with Gasteiger partial charge in [-0.25, -0.2) is 0 Å². The van der Waals surface area contributed by atoms with Crippen LogP contribution in [0.25, 0.3) is 44.2 Å². The van der Waals surface area contributed by atoms with Gasteiger partial charge in [-0.2, -0.15) is 0 Å². The molecular formula is C52H37NO. The molecule has 0 fully saturated rings. The molecule has 0 N–H and O–H groups in total. The molecule has 54 heavy (non-hydrogen) atoms. The van der Waals surface area contributed by atoms with Crippen LogP contribution in [0.3, 0.4) is 0 Å². The van der Waals surface area contributed by atoms with Gasteiger partial charge in [-0.15, -0.1) is 0 Å². The topological polar surface area (TPSA) is 16.4 Å². The van der Waals surface area contributed by atoms with Crippen molar-refractivity contribution in [3.05, 3.63) is 221 Å². The molecule has 0 unspecified atom stereocenters. The van der Waals surface area contributed by atoms with Crippen molar-refractivity contribution in [1.82, 2.24) is 0 Å². The predicted molar refractivity (Wildman–Crippen MR) is 223 cm³/mol. The van der Waals surface area contributed by atoms with Crippen LogP contribution < -0.4 is 4.90 Å². The van der Waals surface area contributed by atoms with E-state index in [1.54, 1.807) is 0 Å². The Morgan fingerprint density at radius 1 is 0.370 bits per heavy atom. The number of para-hydroxylation sites is 1. The molecule has 1 heterocycles. The summed E-state index contributed by atoms with van der Waals surface area (Å²) in [5, 5.41) is 2.25. The van der Waals surface area contributed by atoms with Crippen molar-refractivity contribution in [2.45, 2.75) is 24.7 Å². The van der Waals surface area contributed by atoms with Crippen molar-refractivity contribution in [2.24, 2.45) is 0 Å². The Labute approximate surface area is 315 Å². The molecule has 256 valence electrons. The van der Waals surface area contributed by atoms with Crippen molar-refractivity contribution >= 4 is 39.0 Å². The quantitative estimate of drug-likeness (QED) is 0.179. The van der Waals surface area contributed by atoms with Gasteiger partial charge in [0, 0.05) is 39.3 Å². The SMILES string of the molecule is CC1(C)c2ccccc2-c2ccc(N(c3ccc4c(c3)C(c3ccccc3)(c3ccccc3)c3ccccc3-4)c3ccc4c(c3)oc3ccccc34)cc21. The lowest BCUT2D eigenvalue weighted by atomic mass is 9.67. The first-order valence-corrected chi connectivity index (χ1v) is 18.8. The van der Waals surface area contributed by atoms with E-state index >= 15 is 0 Å². The fourth-order valence-electron chi connectivity index (χ4n) is 9.70. The summed E-state index contributed by atoms with van der Waals surface area (Å²) in [5.41, 5.74) is 17.4. The number of rotatable bonds is 5. The minimum absolute atomic E-state index is 0.133. The summed E-state index contributed by atoms with van der Waals surface area (Å²) in [6.45, 7) is 4.71. The summed E-state index contributed by atoms with van der Waals surface area (Å²) < 4.78 is 6.50. The van der Waals surface area contributed by atoms with E-state index in [1.807, 2.05) is 6.07 Å². The van der Waals surface area contributed by atoms with Crippen LogP contribution in [0, 0.1) is 0 Å². The molecule has 8 aromatic carbocycles. The van der Waals surface area contributed by atoms with E-state index in [9.17, 15) is 0 Å². The largest absolute Gasteiger partial charge is 0.456 e. The molecule has 0 aliphatic heterocycles. The first-order valence-electron chi connectivity index (χ1n) is 18.8. The molecule has 0 atom stereocenters. The average Bonchev–Trinajstić information content (AvgIpc) is 3.82. The molecule has 2 aliphatic rings. The van der Waals surface area contributed by atoms with Crippen molar-refractivity contribution in [3.63, 3.8) is 0 Å². The fraction of sp³-hybridized carbons (Fsp3) is 0.0769. The highest BCUT2D eigenvalue weighted by atomic mass is 16.3. The Morgan fingerprint density at radius 3 is 1.56 bits per heavy atom. The van der Waals surface area contributed by atoms with Crippen LogP contribution in [0.5, 0.6) is 0 Å². The zero-order chi connectivity index (χ0) is 36.0. The molecule has 2 heteroatoms. The monoisotopic (exact) mass is 691 g/mol. The van der Waals surface area contributed by atoms with Crippen molar-refractivity contribution < 1.29 is 4.42 Å². The Balaban J connectivity index is 1.18. The summed E-state index contributed by atoms with van der Waals surface area (Å²) >= 11 is 0. The van der Waals surface area contributed by atoms with Crippen molar-refractivity contribution in [1.29, 1.82) is 0 Å². The molecule has 1 aromatic heterocycles. The molecule has 9 aromatic rings. The molecule has 0 amide bonds. The second kappa shape index (κ2) is 11.4. The van der Waals surface area contributed by atoms with Gasteiger partial charge < -0.3 is 9.32 Å². The molecule has 0 bridgehead atoms. The molecular weight excluding hydrogens is 655 g/mol. The van der Waals surface area contributed by atoms with Crippen LogP contribution in [0.1, 0.15) is 47.2 Å². The van der Waals surface area contributed by atoms with Gasteiger partial charge in [0.15, 0.2) is 0 Å². The Bertz CT molecular complexity index is 2880. The van der Waals surface area contributed by atoms with Gasteiger partial charge >= 0.3 is 0 Å². The molecule has 2 aliphatic carbocycles. The smallest absolute Gasteiger partial charge is 0.137 e. The number of hydrogen-bond donors (Lipinski definition) is 0. The maximum Gasteiger partial charge on any atom is 0.137 e. The molecule has 11 rings (SSSR count). The lowest BCUT2D eigenvalue weighted by Crippen LogP contribution is -2.28. The van der Waals surface area contributed by atoms with Gasteiger partial charge in [-0.3, -0.25) is 0 Å². The Kier molecular flexibility index (Phi) is 6.55. The van der Waals surface area contributed by atoms with Crippen LogP contribution in [-0.2, 0) is 10.8 Å². The normalized spacial score (nSPS) is 14.4. The van der Waals surface area contributed by atoms with E-state index in [0.29, 0.717) is 0 Å². The lowest BCUT2D eigenvalue weighted by molar-refractivity contribution is 0.660. The van der Waals surface area contributed by atoms with Gasteiger partial charge in [-0.05, 0) is 98.1 Å². The van der Waals surface area contributed by atoms with Gasteiger partial charge in [0.25, 0.3) is 0 Å². The second-order valence-corrected chi connectivity index (χ2v) is 15.3. The second-order valence-electron chi connectivity index (χ2n) is 15.3. The fourth-order valence-corrected chi connectivity index (χ4v) is 9.70. The zero-order valence-electron chi connectivity index (χ0n) is 30.3. The zero-order valence-corrected chi connectivity index (χ0v) is 30.3. The van der Waals surface area contributed by atoms with Crippen LogP contribution in [0.4, 0.5) is 17.1 Å². The molecule has 0 saturated carbocycles. The maximum absolute atomic E-state index is 6.50. The minimum Gasteiger partial charge on any atom is -0.456 e. The first kappa shape index (κ1) is 30.9. The highest BCUT2D eigenvalue weighted by Gasteiger charge is 2.46. The van der Waals surface area contributed by atoms with Crippen LogP contribution in [0.2, 0.25) is 0 Å². The van der Waals surface area contributed by atoms with E-state index < -0.39 is 5.41 Å². The highest BCUT2D eigenvalue weighted by Crippen LogP contribution is 2.58. The van der Waals surface area contributed by atoms with Gasteiger partial charge in [0.1, 0.15) is 11.2 Å². The number of fused-ring (bicyclic) bond motifs is 9. The average molecular weight is 692 g/mol. The van der Waals surface area contributed by atoms with Gasteiger partial charge in [-0.1, -0.05) is 153 Å². The summed E-state index contributed by atoms with van der Waals surface area (Å²) in [6.07, 6.45) is 0. The Hall–Kier alpha value is -6.64. The highest BCUT2D eigenvalue weighted by molar-refractivity contribution is 6.06. The molecule has 2 nitrogen and oxygen atoms in total. The third-order valence-electron chi connectivity index (χ3n) is 12.1. The van der Waals surface area contributed by atoms with Crippen molar-refractivity contribution in [2.75, 3.05) is 4.90 Å². The van der Waals surface area contributed by atoms with Crippen molar-refractivity contribution in [3.8, 4) is 22.3 Å². The number of furan rings is 1. The number of hydrogen-bond acceptors (Lipinski definition) is 2. The summed E-state index contributed by atoms with van der Waals surface area (Å²) in [5.74, 6) is 0. The van der Waals surface area contributed by atoms with E-state index in [0.717, 1.165) is 39.0 Å². The molecule has 0 radical (unpaired) electrons. The Morgan fingerprint density at radius 2 is 0.852 bits per heavy atom. The van der Waals surface area contributed by atoms with E-state index in [2.05, 4.69) is 201 Å². The first-order chi connectivity index (χ1) is 26.5. The summed E-state index contributed by atoms with van der Waals surface area (Å²) in [7, 11) is 0. The minimum atomic E-state index is -0.500. The van der Waals surface area contributed by atoms with Gasteiger partial charge in [0.2, 0.25) is 0 Å². The number of anilines is 3.